The van der Waals surface area contributed by atoms with Crippen LogP contribution >= 0.6 is 11.8 Å². The van der Waals surface area contributed by atoms with Gasteiger partial charge in [-0.15, -0.1) is 0 Å². The number of hydrogen-bond acceptors (Lipinski definition) is 5. The Bertz CT molecular complexity index is 1000. The first kappa shape index (κ1) is 19.0. The molecule has 0 aromatic heterocycles. The molecule has 146 valence electrons. The Morgan fingerprint density at radius 2 is 1.86 bits per heavy atom. The highest BCUT2D eigenvalue weighted by atomic mass is 32.2. The molecule has 2 aliphatic rings. The summed E-state index contributed by atoms with van der Waals surface area (Å²) in [7, 11) is -1.46. The molecule has 0 N–H and O–H groups in total. The second-order valence-electron chi connectivity index (χ2n) is 6.84. The number of ether oxygens (including phenoxy) is 1. The van der Waals surface area contributed by atoms with E-state index in [1.165, 1.54) is 11.8 Å². The van der Waals surface area contributed by atoms with Crippen molar-refractivity contribution in [3.8, 4) is 5.75 Å². The number of amides is 1. The summed E-state index contributed by atoms with van der Waals surface area (Å²) in [5, 5.41) is 0.500. The maximum atomic E-state index is 12.6. The third-order valence-electron chi connectivity index (χ3n) is 4.90. The van der Waals surface area contributed by atoms with Crippen LogP contribution in [0.1, 0.15) is 15.9 Å². The van der Waals surface area contributed by atoms with E-state index >= 15 is 0 Å². The van der Waals surface area contributed by atoms with E-state index in [-0.39, 0.29) is 28.7 Å². The number of carbonyl (C=O) groups is 1. The highest BCUT2D eigenvalue weighted by Gasteiger charge is 2.48. The highest BCUT2D eigenvalue weighted by molar-refractivity contribution is 8.15. The van der Waals surface area contributed by atoms with Crippen molar-refractivity contribution in [2.24, 2.45) is 4.99 Å². The number of amidine groups is 1. The van der Waals surface area contributed by atoms with Crippen LogP contribution in [0.3, 0.4) is 0 Å². The Morgan fingerprint density at radius 3 is 2.54 bits per heavy atom. The molecule has 1 amide bonds. The Hall–Kier alpha value is -2.32. The van der Waals surface area contributed by atoms with E-state index in [1.807, 2.05) is 35.2 Å². The number of benzene rings is 2. The molecule has 0 spiro atoms. The van der Waals surface area contributed by atoms with E-state index in [4.69, 9.17) is 4.74 Å². The molecule has 2 atom stereocenters. The third-order valence-corrected chi connectivity index (χ3v) is 8.15. The van der Waals surface area contributed by atoms with Crippen LogP contribution in [0.2, 0.25) is 0 Å². The van der Waals surface area contributed by atoms with Crippen LogP contribution in [0.25, 0.3) is 0 Å². The molecule has 28 heavy (non-hydrogen) atoms. The molecule has 0 unspecified atom stereocenters. The van der Waals surface area contributed by atoms with Crippen LogP contribution < -0.4 is 4.74 Å². The summed E-state index contributed by atoms with van der Waals surface area (Å²) in [6.07, 6.45) is 0. The van der Waals surface area contributed by atoms with Crippen LogP contribution in [0.15, 0.2) is 59.6 Å². The van der Waals surface area contributed by atoms with Gasteiger partial charge in [0, 0.05) is 17.4 Å². The fourth-order valence-corrected chi connectivity index (χ4v) is 7.43. The second kappa shape index (κ2) is 7.60. The molecule has 2 fully saturated rings. The molecule has 2 aromatic rings. The van der Waals surface area contributed by atoms with E-state index in [2.05, 4.69) is 4.99 Å². The number of sulfone groups is 1. The standard InChI is InChI=1S/C20H20N2O4S2/c1-26-16-9-7-14(8-10-16)11-22-17-12-28(24,25)13-18(17)27-20(22)21-19(23)15-5-3-2-4-6-15/h2-10,17-18H,11-13H2,1H3/t17-,18-/m1/s1. The number of rotatable bonds is 4. The molecule has 2 aromatic carbocycles. The lowest BCUT2D eigenvalue weighted by Gasteiger charge is -2.24. The summed E-state index contributed by atoms with van der Waals surface area (Å²) in [6, 6.07) is 16.3. The van der Waals surface area contributed by atoms with Gasteiger partial charge in [-0.2, -0.15) is 4.99 Å². The Balaban J connectivity index is 1.62. The lowest BCUT2D eigenvalue weighted by atomic mass is 10.1. The van der Waals surface area contributed by atoms with Gasteiger partial charge in [-0.25, -0.2) is 8.42 Å². The summed E-state index contributed by atoms with van der Waals surface area (Å²) in [5.41, 5.74) is 1.52. The maximum absolute atomic E-state index is 12.6. The Morgan fingerprint density at radius 1 is 1.14 bits per heavy atom. The van der Waals surface area contributed by atoms with Crippen molar-refractivity contribution >= 4 is 32.7 Å². The Kier molecular flexibility index (Phi) is 5.16. The summed E-state index contributed by atoms with van der Waals surface area (Å²) in [4.78, 5) is 18.9. The van der Waals surface area contributed by atoms with Gasteiger partial charge in [0.05, 0.1) is 24.7 Å². The van der Waals surface area contributed by atoms with Gasteiger partial charge < -0.3 is 9.64 Å². The van der Waals surface area contributed by atoms with E-state index < -0.39 is 9.84 Å². The van der Waals surface area contributed by atoms with Crippen LogP contribution in [0.4, 0.5) is 0 Å². The molecule has 2 aliphatic heterocycles. The van der Waals surface area contributed by atoms with Crippen LogP contribution in [0, 0.1) is 0 Å². The SMILES string of the molecule is COc1ccc(CN2C(=NC(=O)c3ccccc3)S[C@@H]3CS(=O)(=O)C[C@H]32)cc1. The van der Waals surface area contributed by atoms with Crippen LogP contribution in [-0.4, -0.2) is 54.3 Å². The van der Waals surface area contributed by atoms with E-state index in [0.717, 1.165) is 11.3 Å². The minimum absolute atomic E-state index is 0.0921. The van der Waals surface area contributed by atoms with Gasteiger partial charge in [0.1, 0.15) is 5.75 Å². The number of methoxy groups -OCH3 is 1. The zero-order valence-electron chi connectivity index (χ0n) is 15.3. The van der Waals surface area contributed by atoms with E-state index in [0.29, 0.717) is 17.3 Å². The van der Waals surface area contributed by atoms with Gasteiger partial charge in [0.15, 0.2) is 15.0 Å². The largest absolute Gasteiger partial charge is 0.497 e. The van der Waals surface area contributed by atoms with E-state index in [1.54, 1.807) is 31.4 Å². The molecular weight excluding hydrogens is 396 g/mol. The monoisotopic (exact) mass is 416 g/mol. The van der Waals surface area contributed by atoms with Crippen molar-refractivity contribution in [2.75, 3.05) is 18.6 Å². The Labute approximate surface area is 168 Å². The first-order valence-electron chi connectivity index (χ1n) is 8.90. The van der Waals surface area contributed by atoms with Gasteiger partial charge >= 0.3 is 0 Å². The van der Waals surface area contributed by atoms with Crippen molar-refractivity contribution in [1.29, 1.82) is 0 Å². The lowest BCUT2D eigenvalue weighted by Crippen LogP contribution is -2.37. The molecule has 0 bridgehead atoms. The van der Waals surface area contributed by atoms with Crippen molar-refractivity contribution in [2.45, 2.75) is 17.8 Å². The maximum Gasteiger partial charge on any atom is 0.279 e. The van der Waals surface area contributed by atoms with Gasteiger partial charge in [0.25, 0.3) is 5.91 Å². The summed E-state index contributed by atoms with van der Waals surface area (Å²) in [6.45, 7) is 0.495. The molecule has 6 nitrogen and oxygen atoms in total. The van der Waals surface area contributed by atoms with Gasteiger partial charge in [-0.3, -0.25) is 4.79 Å². The van der Waals surface area contributed by atoms with Crippen molar-refractivity contribution in [3.05, 3.63) is 65.7 Å². The average Bonchev–Trinajstić information content (AvgIpc) is 3.15. The lowest BCUT2D eigenvalue weighted by molar-refractivity contribution is 0.100. The minimum atomic E-state index is -3.07. The summed E-state index contributed by atoms with van der Waals surface area (Å²) >= 11 is 1.39. The number of fused-ring (bicyclic) bond motifs is 1. The predicted molar refractivity (Wildman–Crippen MR) is 111 cm³/mol. The average molecular weight is 417 g/mol. The van der Waals surface area contributed by atoms with Gasteiger partial charge in [0.2, 0.25) is 0 Å². The number of hydrogen-bond donors (Lipinski definition) is 0. The third kappa shape index (κ3) is 3.93. The topological polar surface area (TPSA) is 76.0 Å². The zero-order chi connectivity index (χ0) is 19.7. The fraction of sp³-hybridized carbons (Fsp3) is 0.300. The second-order valence-corrected chi connectivity index (χ2v) is 10.2. The fourth-order valence-electron chi connectivity index (χ4n) is 3.48. The van der Waals surface area contributed by atoms with Crippen molar-refractivity contribution in [1.82, 2.24) is 4.90 Å². The van der Waals surface area contributed by atoms with Gasteiger partial charge in [-0.05, 0) is 29.8 Å². The molecule has 0 radical (unpaired) electrons. The molecule has 4 rings (SSSR count). The number of aliphatic imine (C=N–C) groups is 1. The molecule has 0 saturated carbocycles. The van der Waals surface area contributed by atoms with Gasteiger partial charge in [-0.1, -0.05) is 42.1 Å². The zero-order valence-corrected chi connectivity index (χ0v) is 16.9. The smallest absolute Gasteiger partial charge is 0.279 e. The molecule has 0 aliphatic carbocycles. The molecular formula is C20H20N2O4S2. The minimum Gasteiger partial charge on any atom is -0.497 e. The van der Waals surface area contributed by atoms with Crippen LogP contribution in [-0.2, 0) is 16.4 Å². The number of carbonyl (C=O) groups excluding carboxylic acids is 1. The molecule has 2 saturated heterocycles. The molecule has 2 heterocycles. The number of thioether (sulfide) groups is 1. The number of nitrogens with zero attached hydrogens (tertiary/aromatic N) is 2. The quantitative estimate of drug-likeness (QED) is 0.763. The highest BCUT2D eigenvalue weighted by Crippen LogP contribution is 2.39. The van der Waals surface area contributed by atoms with Crippen LogP contribution in [0.5, 0.6) is 5.75 Å². The van der Waals surface area contributed by atoms with Crippen molar-refractivity contribution < 1.29 is 17.9 Å². The first-order valence-corrected chi connectivity index (χ1v) is 11.6. The predicted octanol–water partition coefficient (Wildman–Crippen LogP) is 2.61. The summed E-state index contributed by atoms with van der Waals surface area (Å²) < 4.78 is 29.4. The van der Waals surface area contributed by atoms with E-state index in [9.17, 15) is 13.2 Å². The van der Waals surface area contributed by atoms with Crippen molar-refractivity contribution in [3.63, 3.8) is 0 Å². The normalized spacial score (nSPS) is 24.3. The summed E-state index contributed by atoms with van der Waals surface area (Å²) in [5.74, 6) is 0.666. The first-order chi connectivity index (χ1) is 13.4. The molecule has 8 heteroatoms.